The molecule has 0 bridgehead atoms. The summed E-state index contributed by atoms with van der Waals surface area (Å²) in [6, 6.07) is 11.1. The maximum absolute atomic E-state index is 13.1. The van der Waals surface area contributed by atoms with Gasteiger partial charge in [0.05, 0.1) is 35.1 Å². The number of amides is 2. The molecule has 0 fully saturated rings. The molecule has 2 aromatic carbocycles. The van der Waals surface area contributed by atoms with Gasteiger partial charge in [-0.1, -0.05) is 23.9 Å². The average Bonchev–Trinajstić information content (AvgIpc) is 3.71. The summed E-state index contributed by atoms with van der Waals surface area (Å²) in [7, 11) is 0. The first-order valence-corrected chi connectivity index (χ1v) is 15.8. The number of non-ortho nitro benzene ring substituents is 1. The summed E-state index contributed by atoms with van der Waals surface area (Å²) in [6.45, 7) is 5.97. The van der Waals surface area contributed by atoms with Gasteiger partial charge in [-0.05, 0) is 74.9 Å². The van der Waals surface area contributed by atoms with Gasteiger partial charge in [0.1, 0.15) is 5.00 Å². The summed E-state index contributed by atoms with van der Waals surface area (Å²) in [5.41, 5.74) is 4.40. The van der Waals surface area contributed by atoms with Gasteiger partial charge in [0.25, 0.3) is 11.6 Å². The monoisotopic (exact) mass is 634 g/mol. The molecule has 0 saturated heterocycles. The molecule has 0 unspecified atom stereocenters. The molecule has 1 aliphatic rings. The Bertz CT molecular complexity index is 1750. The Balaban J connectivity index is 1.34. The number of nitrogens with zero attached hydrogens (tertiary/aromatic N) is 4. The first-order chi connectivity index (χ1) is 21.2. The van der Waals surface area contributed by atoms with Crippen LogP contribution in [0.5, 0.6) is 0 Å². The molecule has 2 N–H and O–H groups in total. The number of esters is 1. The zero-order valence-corrected chi connectivity index (χ0v) is 26.0. The number of hydrogen-bond donors (Lipinski definition) is 2. The molecule has 0 saturated carbocycles. The van der Waals surface area contributed by atoms with Crippen LogP contribution in [0.4, 0.5) is 10.7 Å². The molecule has 1 aliphatic carbocycles. The van der Waals surface area contributed by atoms with Crippen LogP contribution in [0.1, 0.15) is 61.5 Å². The number of nitrogens with one attached hydrogen (secondary N) is 2. The van der Waals surface area contributed by atoms with Crippen LogP contribution in [0.15, 0.2) is 47.6 Å². The fraction of sp³-hybridized carbons (Fsp3) is 0.300. The highest BCUT2D eigenvalue weighted by atomic mass is 32.2. The minimum atomic E-state index is -0.528. The number of thiophene rings is 1. The summed E-state index contributed by atoms with van der Waals surface area (Å²) in [4.78, 5) is 50.1. The highest BCUT2D eigenvalue weighted by Gasteiger charge is 2.28. The van der Waals surface area contributed by atoms with Crippen molar-refractivity contribution in [2.24, 2.45) is 0 Å². The van der Waals surface area contributed by atoms with Gasteiger partial charge in [0.2, 0.25) is 5.91 Å². The summed E-state index contributed by atoms with van der Waals surface area (Å²) >= 11 is 2.61. The number of nitro benzene ring substituents is 1. The first kappa shape index (κ1) is 30.9. The van der Waals surface area contributed by atoms with Crippen molar-refractivity contribution in [3.05, 3.63) is 91.1 Å². The van der Waals surface area contributed by atoms with E-state index in [9.17, 15) is 24.5 Å². The molecule has 5 rings (SSSR count). The summed E-state index contributed by atoms with van der Waals surface area (Å²) in [6.07, 6.45) is 2.63. The normalized spacial score (nSPS) is 12.1. The minimum Gasteiger partial charge on any atom is -0.462 e. The van der Waals surface area contributed by atoms with E-state index in [0.717, 1.165) is 46.5 Å². The predicted octanol–water partition coefficient (Wildman–Crippen LogP) is 5.18. The van der Waals surface area contributed by atoms with Crippen molar-refractivity contribution < 1.29 is 24.0 Å². The standard InChI is InChI=1S/C30H30N6O6S2/c1-4-42-29(39)26-21-8-6-10-23(21)44-28(26)32-25(37)16-43-30-34-33-24(35(30)22-9-5-7-17(2)18(22)3)15-31-27(38)19-11-13-20(14-12-19)36(40)41/h5,7,9,11-14H,4,6,8,10,15-16H2,1-3H3,(H,31,38)(H,32,37). The van der Waals surface area contributed by atoms with Crippen molar-refractivity contribution in [3.8, 4) is 5.69 Å². The Labute approximate surface area is 261 Å². The van der Waals surface area contributed by atoms with Crippen LogP contribution in [0.25, 0.3) is 5.69 Å². The lowest BCUT2D eigenvalue weighted by Gasteiger charge is -2.15. The van der Waals surface area contributed by atoms with Crippen LogP contribution in [0.2, 0.25) is 0 Å². The molecule has 2 amide bonds. The number of thioether (sulfide) groups is 1. The van der Waals surface area contributed by atoms with Gasteiger partial charge in [0, 0.05) is 22.6 Å². The second kappa shape index (κ2) is 13.4. The average molecular weight is 635 g/mol. The number of rotatable bonds is 11. The Morgan fingerprint density at radius 2 is 1.89 bits per heavy atom. The van der Waals surface area contributed by atoms with Crippen LogP contribution < -0.4 is 10.6 Å². The van der Waals surface area contributed by atoms with Crippen molar-refractivity contribution in [1.82, 2.24) is 20.1 Å². The fourth-order valence-electron chi connectivity index (χ4n) is 4.93. The van der Waals surface area contributed by atoms with Crippen molar-refractivity contribution in [3.63, 3.8) is 0 Å². The zero-order chi connectivity index (χ0) is 31.4. The number of hydrogen-bond acceptors (Lipinski definition) is 10. The van der Waals surface area contributed by atoms with Crippen LogP contribution in [-0.4, -0.2) is 49.8 Å². The molecule has 0 radical (unpaired) electrons. The highest BCUT2D eigenvalue weighted by Crippen LogP contribution is 2.39. The summed E-state index contributed by atoms with van der Waals surface area (Å²) in [5, 5.41) is 26.3. The van der Waals surface area contributed by atoms with Gasteiger partial charge >= 0.3 is 5.97 Å². The highest BCUT2D eigenvalue weighted by molar-refractivity contribution is 7.99. The topological polar surface area (TPSA) is 158 Å². The summed E-state index contributed by atoms with van der Waals surface area (Å²) < 4.78 is 7.07. The van der Waals surface area contributed by atoms with Crippen molar-refractivity contribution in [2.45, 2.75) is 51.7 Å². The van der Waals surface area contributed by atoms with Crippen molar-refractivity contribution in [1.29, 1.82) is 0 Å². The number of ether oxygens (including phenoxy) is 1. The van der Waals surface area contributed by atoms with Crippen LogP contribution in [-0.2, 0) is 28.9 Å². The van der Waals surface area contributed by atoms with E-state index in [1.165, 1.54) is 47.4 Å². The number of aryl methyl sites for hydroxylation is 2. The molecule has 14 heteroatoms. The second-order valence-corrected chi connectivity index (χ2v) is 12.1. The smallest absolute Gasteiger partial charge is 0.341 e. The van der Waals surface area contributed by atoms with Gasteiger partial charge < -0.3 is 15.4 Å². The minimum absolute atomic E-state index is 0.00296. The number of benzene rings is 2. The Morgan fingerprint density at radius 1 is 1.11 bits per heavy atom. The van der Waals surface area contributed by atoms with E-state index in [1.54, 1.807) is 11.5 Å². The maximum Gasteiger partial charge on any atom is 0.341 e. The quantitative estimate of drug-likeness (QED) is 0.0981. The molecule has 44 heavy (non-hydrogen) atoms. The molecule has 0 atom stereocenters. The third-order valence-corrected chi connectivity index (χ3v) is 9.39. The van der Waals surface area contributed by atoms with Crippen molar-refractivity contribution in [2.75, 3.05) is 17.7 Å². The second-order valence-electron chi connectivity index (χ2n) is 10.1. The van der Waals surface area contributed by atoms with Gasteiger partial charge in [-0.15, -0.1) is 21.5 Å². The van der Waals surface area contributed by atoms with E-state index in [4.69, 9.17) is 4.74 Å². The number of anilines is 1. The van der Waals surface area contributed by atoms with Crippen LogP contribution in [0.3, 0.4) is 0 Å². The number of nitro groups is 1. The molecule has 4 aromatic rings. The molecule has 0 spiro atoms. The fourth-order valence-corrected chi connectivity index (χ4v) is 6.99. The number of carbonyl (C=O) groups excluding carboxylic acids is 3. The summed E-state index contributed by atoms with van der Waals surface area (Å²) in [5.74, 6) is -0.711. The van der Waals surface area contributed by atoms with E-state index >= 15 is 0 Å². The Morgan fingerprint density at radius 3 is 2.61 bits per heavy atom. The van der Waals surface area contributed by atoms with E-state index in [2.05, 4.69) is 20.8 Å². The molecule has 2 aromatic heterocycles. The van der Waals surface area contributed by atoms with Gasteiger partial charge in [0.15, 0.2) is 11.0 Å². The van der Waals surface area contributed by atoms with Gasteiger partial charge in [-0.25, -0.2) is 4.79 Å². The van der Waals surface area contributed by atoms with Crippen molar-refractivity contribution >= 4 is 51.6 Å². The van der Waals surface area contributed by atoms with Gasteiger partial charge in [-0.2, -0.15) is 0 Å². The van der Waals surface area contributed by atoms with E-state index in [1.807, 2.05) is 32.0 Å². The Kier molecular flexibility index (Phi) is 9.40. The lowest BCUT2D eigenvalue weighted by molar-refractivity contribution is -0.384. The molecule has 12 nitrogen and oxygen atoms in total. The zero-order valence-electron chi connectivity index (χ0n) is 24.3. The number of carbonyl (C=O) groups is 3. The third-order valence-electron chi connectivity index (χ3n) is 7.25. The third kappa shape index (κ3) is 6.50. The Hall–Kier alpha value is -4.56. The van der Waals surface area contributed by atoms with Crippen LogP contribution in [0, 0.1) is 24.0 Å². The maximum atomic E-state index is 13.1. The lowest BCUT2D eigenvalue weighted by atomic mass is 10.1. The van der Waals surface area contributed by atoms with Gasteiger partial charge in [-0.3, -0.25) is 24.3 Å². The van der Waals surface area contributed by atoms with Crippen LogP contribution >= 0.6 is 23.1 Å². The number of aromatic nitrogens is 3. The molecule has 0 aliphatic heterocycles. The predicted molar refractivity (Wildman–Crippen MR) is 167 cm³/mol. The molecule has 2 heterocycles. The van der Waals surface area contributed by atoms with E-state index in [0.29, 0.717) is 21.5 Å². The molecule has 228 valence electrons. The van der Waals surface area contributed by atoms with E-state index < -0.39 is 16.8 Å². The molecular formula is C30H30N6O6S2. The molecular weight excluding hydrogens is 605 g/mol. The SMILES string of the molecule is CCOC(=O)c1c(NC(=O)CSc2nnc(CNC(=O)c3ccc([N+](=O)[O-])cc3)n2-c2cccc(C)c2C)sc2c1CCC2. The first-order valence-electron chi connectivity index (χ1n) is 14.0. The largest absolute Gasteiger partial charge is 0.462 e. The lowest BCUT2D eigenvalue weighted by Crippen LogP contribution is -2.24. The van der Waals surface area contributed by atoms with E-state index in [-0.39, 0.29) is 36.1 Å². The number of fused-ring (bicyclic) bond motifs is 1.